The Hall–Kier alpha value is -1.10. The largest absolute Gasteiger partial charge is 0.369 e. The van der Waals surface area contributed by atoms with Gasteiger partial charge in [-0.15, -0.1) is 0 Å². The van der Waals surface area contributed by atoms with Gasteiger partial charge in [-0.05, 0) is 25.7 Å². The van der Waals surface area contributed by atoms with Gasteiger partial charge in [0.05, 0.1) is 11.0 Å². The van der Waals surface area contributed by atoms with Gasteiger partial charge in [-0.1, -0.05) is 38.5 Å². The minimum absolute atomic E-state index is 0.0365. The van der Waals surface area contributed by atoms with Gasteiger partial charge in [0.1, 0.15) is 0 Å². The minimum Gasteiger partial charge on any atom is -0.369 e. The first-order chi connectivity index (χ1) is 10.1. The summed E-state index contributed by atoms with van der Waals surface area (Å²) in [6, 6.07) is 0. The van der Waals surface area contributed by atoms with Gasteiger partial charge in [-0.25, -0.2) is 0 Å². The normalized spacial score (nSPS) is 24.2. The van der Waals surface area contributed by atoms with Crippen LogP contribution < -0.4 is 16.8 Å². The van der Waals surface area contributed by atoms with Crippen molar-refractivity contribution in [1.29, 1.82) is 0 Å². The standard InChI is InChI=1S/C16H29N3O2/c17-12-7-13(20)19-16(10-5-2-6-11-16)15(14(18)21)8-3-1-4-9-15/h1-12,17H2,(H2,18,21)(H,19,20). The topological polar surface area (TPSA) is 98.2 Å². The van der Waals surface area contributed by atoms with Crippen LogP contribution in [0.4, 0.5) is 0 Å². The molecule has 0 heterocycles. The highest BCUT2D eigenvalue weighted by atomic mass is 16.2. The number of amides is 2. The van der Waals surface area contributed by atoms with Crippen LogP contribution >= 0.6 is 0 Å². The van der Waals surface area contributed by atoms with Gasteiger partial charge < -0.3 is 16.8 Å². The van der Waals surface area contributed by atoms with Crippen LogP contribution in [0.25, 0.3) is 0 Å². The number of nitrogens with two attached hydrogens (primary N) is 2. The third kappa shape index (κ3) is 3.07. The molecule has 0 aromatic carbocycles. The number of primary amides is 1. The Morgan fingerprint density at radius 2 is 1.43 bits per heavy atom. The van der Waals surface area contributed by atoms with E-state index in [-0.39, 0.29) is 11.8 Å². The highest BCUT2D eigenvalue weighted by molar-refractivity contribution is 5.85. The number of hydrogen-bond donors (Lipinski definition) is 3. The number of carbonyl (C=O) groups excluding carboxylic acids is 2. The number of rotatable bonds is 5. The average molecular weight is 295 g/mol. The van der Waals surface area contributed by atoms with Crippen molar-refractivity contribution in [3.8, 4) is 0 Å². The maximum Gasteiger partial charge on any atom is 0.226 e. The van der Waals surface area contributed by atoms with E-state index in [2.05, 4.69) is 5.32 Å². The Morgan fingerprint density at radius 3 is 1.90 bits per heavy atom. The van der Waals surface area contributed by atoms with Crippen molar-refractivity contribution in [2.75, 3.05) is 6.54 Å². The molecule has 0 radical (unpaired) electrons. The smallest absolute Gasteiger partial charge is 0.226 e. The molecule has 0 aromatic rings. The fourth-order valence-electron chi connectivity index (χ4n) is 4.46. The summed E-state index contributed by atoms with van der Waals surface area (Å²) >= 11 is 0. The van der Waals surface area contributed by atoms with Gasteiger partial charge in [0, 0.05) is 13.0 Å². The lowest BCUT2D eigenvalue weighted by atomic mass is 9.56. The van der Waals surface area contributed by atoms with E-state index < -0.39 is 11.0 Å². The van der Waals surface area contributed by atoms with E-state index in [0.29, 0.717) is 13.0 Å². The third-order valence-electron chi connectivity index (χ3n) is 5.55. The lowest BCUT2D eigenvalue weighted by Crippen LogP contribution is -2.66. The highest BCUT2D eigenvalue weighted by Gasteiger charge is 2.56. The Morgan fingerprint density at radius 1 is 0.905 bits per heavy atom. The van der Waals surface area contributed by atoms with Gasteiger partial charge >= 0.3 is 0 Å². The zero-order valence-electron chi connectivity index (χ0n) is 13.0. The summed E-state index contributed by atoms with van der Waals surface area (Å²) in [5.74, 6) is -0.261. The molecular weight excluding hydrogens is 266 g/mol. The van der Waals surface area contributed by atoms with Crippen molar-refractivity contribution in [3.05, 3.63) is 0 Å². The molecule has 0 aromatic heterocycles. The molecular formula is C16H29N3O2. The molecule has 120 valence electrons. The predicted octanol–water partition coefficient (Wildman–Crippen LogP) is 1.59. The van der Waals surface area contributed by atoms with Crippen molar-refractivity contribution in [2.24, 2.45) is 16.9 Å². The summed E-state index contributed by atoms with van der Waals surface area (Å²) in [6.45, 7) is 0.339. The molecule has 5 nitrogen and oxygen atoms in total. The van der Waals surface area contributed by atoms with Crippen LogP contribution in [-0.2, 0) is 9.59 Å². The van der Waals surface area contributed by atoms with E-state index >= 15 is 0 Å². The molecule has 2 rings (SSSR count). The Kier molecular flexibility index (Phi) is 5.25. The first-order valence-electron chi connectivity index (χ1n) is 8.37. The van der Waals surface area contributed by atoms with Crippen LogP contribution in [0, 0.1) is 5.41 Å². The van der Waals surface area contributed by atoms with Crippen LogP contribution in [0.5, 0.6) is 0 Å². The lowest BCUT2D eigenvalue weighted by molar-refractivity contribution is -0.141. The molecule has 2 fully saturated rings. The first kappa shape index (κ1) is 16.3. The second-order valence-corrected chi connectivity index (χ2v) is 6.74. The fourth-order valence-corrected chi connectivity index (χ4v) is 4.46. The molecule has 0 saturated heterocycles. The molecule has 0 aliphatic heterocycles. The SMILES string of the molecule is NCCC(=O)NC1(C2(C(N)=O)CCCCC2)CCCCC1. The van der Waals surface area contributed by atoms with Crippen molar-refractivity contribution < 1.29 is 9.59 Å². The molecule has 2 aliphatic carbocycles. The van der Waals surface area contributed by atoms with E-state index in [9.17, 15) is 9.59 Å². The maximum atomic E-state index is 12.4. The highest BCUT2D eigenvalue weighted by Crippen LogP contribution is 2.51. The Balaban J connectivity index is 2.31. The molecule has 0 unspecified atom stereocenters. The van der Waals surface area contributed by atoms with Gasteiger partial charge in [0.2, 0.25) is 11.8 Å². The fraction of sp³-hybridized carbons (Fsp3) is 0.875. The second kappa shape index (κ2) is 6.77. The van der Waals surface area contributed by atoms with E-state index in [1.807, 2.05) is 0 Å². The summed E-state index contributed by atoms with van der Waals surface area (Å²) in [7, 11) is 0. The van der Waals surface area contributed by atoms with Crippen LogP contribution in [0.15, 0.2) is 0 Å². The average Bonchev–Trinajstić information content (AvgIpc) is 2.49. The molecule has 0 atom stereocenters. The summed E-state index contributed by atoms with van der Waals surface area (Å²) < 4.78 is 0. The van der Waals surface area contributed by atoms with Gasteiger partial charge in [-0.3, -0.25) is 9.59 Å². The second-order valence-electron chi connectivity index (χ2n) is 6.74. The molecule has 0 spiro atoms. The molecule has 2 saturated carbocycles. The van der Waals surface area contributed by atoms with Crippen LogP contribution in [0.3, 0.4) is 0 Å². The van der Waals surface area contributed by atoms with Crippen LogP contribution in [-0.4, -0.2) is 23.9 Å². The summed E-state index contributed by atoms with van der Waals surface area (Å²) in [6.07, 6.45) is 10.2. The predicted molar refractivity (Wildman–Crippen MR) is 82.3 cm³/mol. The summed E-state index contributed by atoms with van der Waals surface area (Å²) in [5.41, 5.74) is 10.3. The number of carbonyl (C=O) groups is 2. The Bertz CT molecular complexity index is 383. The molecule has 2 amide bonds. The zero-order valence-corrected chi connectivity index (χ0v) is 13.0. The van der Waals surface area contributed by atoms with Gasteiger partial charge in [-0.2, -0.15) is 0 Å². The van der Waals surface area contributed by atoms with Crippen LogP contribution in [0.2, 0.25) is 0 Å². The number of hydrogen-bond acceptors (Lipinski definition) is 3. The van der Waals surface area contributed by atoms with Crippen LogP contribution in [0.1, 0.15) is 70.6 Å². The molecule has 2 aliphatic rings. The van der Waals surface area contributed by atoms with E-state index in [1.54, 1.807) is 0 Å². The van der Waals surface area contributed by atoms with Crippen molar-refractivity contribution in [1.82, 2.24) is 5.32 Å². The van der Waals surface area contributed by atoms with Crippen molar-refractivity contribution >= 4 is 11.8 Å². The van der Waals surface area contributed by atoms with Crippen molar-refractivity contribution in [2.45, 2.75) is 76.2 Å². The number of nitrogens with one attached hydrogen (secondary N) is 1. The first-order valence-corrected chi connectivity index (χ1v) is 8.37. The summed E-state index contributed by atoms with van der Waals surface area (Å²) in [4.78, 5) is 24.5. The molecule has 0 bridgehead atoms. The van der Waals surface area contributed by atoms with Crippen molar-refractivity contribution in [3.63, 3.8) is 0 Å². The van der Waals surface area contributed by atoms with Gasteiger partial charge in [0.25, 0.3) is 0 Å². The monoisotopic (exact) mass is 295 g/mol. The molecule has 21 heavy (non-hydrogen) atoms. The summed E-state index contributed by atoms with van der Waals surface area (Å²) in [5, 5.41) is 3.21. The zero-order chi connectivity index (χ0) is 15.3. The molecule has 5 heteroatoms. The lowest BCUT2D eigenvalue weighted by Gasteiger charge is -2.53. The molecule has 5 N–H and O–H groups in total. The van der Waals surface area contributed by atoms with E-state index in [0.717, 1.165) is 57.8 Å². The third-order valence-corrected chi connectivity index (χ3v) is 5.55. The Labute approximate surface area is 127 Å². The quantitative estimate of drug-likeness (QED) is 0.718. The van der Waals surface area contributed by atoms with E-state index in [4.69, 9.17) is 11.5 Å². The minimum atomic E-state index is -0.560. The van der Waals surface area contributed by atoms with E-state index in [1.165, 1.54) is 6.42 Å². The maximum absolute atomic E-state index is 12.4. The van der Waals surface area contributed by atoms with Gasteiger partial charge in [0.15, 0.2) is 0 Å².